The van der Waals surface area contributed by atoms with E-state index in [0.717, 1.165) is 5.56 Å². The van der Waals surface area contributed by atoms with Gasteiger partial charge in [0.1, 0.15) is 12.1 Å². The van der Waals surface area contributed by atoms with Gasteiger partial charge in [-0.05, 0) is 12.5 Å². The summed E-state index contributed by atoms with van der Waals surface area (Å²) < 4.78 is 12.0. The fourth-order valence-corrected chi connectivity index (χ4v) is 2.65. The number of nitrogens with zero attached hydrogens (tertiary/aromatic N) is 3. The summed E-state index contributed by atoms with van der Waals surface area (Å²) in [6, 6.07) is 7.27. The van der Waals surface area contributed by atoms with E-state index in [0.29, 0.717) is 42.3 Å². The Morgan fingerprint density at radius 1 is 1.22 bits per heavy atom. The lowest BCUT2D eigenvalue weighted by atomic mass is 10.1. The van der Waals surface area contributed by atoms with Crippen molar-refractivity contribution in [3.05, 3.63) is 45.9 Å². The summed E-state index contributed by atoms with van der Waals surface area (Å²) in [5.74, 6) is 0.463. The van der Waals surface area contributed by atoms with Gasteiger partial charge in [-0.25, -0.2) is 4.79 Å². The Morgan fingerprint density at radius 3 is 2.59 bits per heavy atom. The van der Waals surface area contributed by atoms with Gasteiger partial charge in [0.25, 0.3) is 0 Å². The standard InChI is InChI=1S/C18H21N5O4/c1-11(24)13-6-4-12(5-7-13)10-23-16-14(20-18(23)25)15(19-2)21-17(22-16)27-9-8-26-3/h4-7H,8-10H2,1-3H3,(H,20,25)(H,19,21,22). The van der Waals surface area contributed by atoms with E-state index in [1.165, 1.54) is 11.5 Å². The van der Waals surface area contributed by atoms with Crippen molar-refractivity contribution >= 4 is 22.8 Å². The van der Waals surface area contributed by atoms with Crippen LogP contribution in [-0.2, 0) is 11.3 Å². The minimum Gasteiger partial charge on any atom is -0.461 e. The number of H-pyrrole nitrogens is 1. The third kappa shape index (κ3) is 3.98. The van der Waals surface area contributed by atoms with Gasteiger partial charge in [0.05, 0.1) is 13.2 Å². The predicted octanol–water partition coefficient (Wildman–Crippen LogP) is 1.44. The van der Waals surface area contributed by atoms with Crippen LogP contribution in [0.15, 0.2) is 29.1 Å². The largest absolute Gasteiger partial charge is 0.461 e. The number of anilines is 1. The van der Waals surface area contributed by atoms with E-state index in [2.05, 4.69) is 20.3 Å². The molecule has 0 aliphatic heterocycles. The number of aromatic nitrogens is 4. The molecule has 0 spiro atoms. The first-order chi connectivity index (χ1) is 13.0. The van der Waals surface area contributed by atoms with Gasteiger partial charge >= 0.3 is 11.7 Å². The van der Waals surface area contributed by atoms with Gasteiger partial charge in [0.2, 0.25) is 0 Å². The molecule has 0 radical (unpaired) electrons. The summed E-state index contributed by atoms with van der Waals surface area (Å²) in [6.45, 7) is 2.51. The van der Waals surface area contributed by atoms with E-state index in [4.69, 9.17) is 9.47 Å². The van der Waals surface area contributed by atoms with Crippen LogP contribution in [0.3, 0.4) is 0 Å². The molecular weight excluding hydrogens is 350 g/mol. The van der Waals surface area contributed by atoms with E-state index >= 15 is 0 Å². The summed E-state index contributed by atoms with van der Waals surface area (Å²) in [6.07, 6.45) is 0. The number of carbonyl (C=O) groups excluding carboxylic acids is 1. The number of ether oxygens (including phenoxy) is 2. The number of ketones is 1. The van der Waals surface area contributed by atoms with Crippen molar-refractivity contribution in [2.75, 3.05) is 32.7 Å². The Morgan fingerprint density at radius 2 is 1.96 bits per heavy atom. The van der Waals surface area contributed by atoms with Crippen molar-refractivity contribution in [2.24, 2.45) is 0 Å². The molecule has 9 nitrogen and oxygen atoms in total. The maximum atomic E-state index is 12.5. The minimum absolute atomic E-state index is 0.00457. The molecule has 0 fully saturated rings. The number of hydrogen-bond acceptors (Lipinski definition) is 7. The van der Waals surface area contributed by atoms with E-state index in [1.54, 1.807) is 26.3 Å². The molecule has 27 heavy (non-hydrogen) atoms. The number of rotatable bonds is 8. The number of methoxy groups -OCH3 is 1. The Kier molecular flexibility index (Phi) is 5.51. The van der Waals surface area contributed by atoms with Crippen LogP contribution in [0.2, 0.25) is 0 Å². The number of aromatic amines is 1. The predicted molar refractivity (Wildman–Crippen MR) is 101 cm³/mol. The zero-order valence-electron chi connectivity index (χ0n) is 15.4. The van der Waals surface area contributed by atoms with E-state index in [1.807, 2.05) is 12.1 Å². The van der Waals surface area contributed by atoms with Crippen LogP contribution in [0.4, 0.5) is 5.82 Å². The highest BCUT2D eigenvalue weighted by Crippen LogP contribution is 2.20. The third-order valence-electron chi connectivity index (χ3n) is 4.06. The molecule has 9 heteroatoms. The molecule has 0 saturated heterocycles. The molecule has 2 heterocycles. The van der Waals surface area contributed by atoms with Gasteiger partial charge < -0.3 is 19.8 Å². The topological polar surface area (TPSA) is 111 Å². The average molecular weight is 371 g/mol. The highest BCUT2D eigenvalue weighted by atomic mass is 16.5. The number of nitrogens with one attached hydrogen (secondary N) is 2. The molecule has 3 rings (SSSR count). The Bertz CT molecular complexity index is 1010. The molecule has 1 aromatic carbocycles. The number of imidazole rings is 1. The zero-order valence-corrected chi connectivity index (χ0v) is 15.4. The third-order valence-corrected chi connectivity index (χ3v) is 4.06. The maximum Gasteiger partial charge on any atom is 0.328 e. The molecule has 0 aliphatic rings. The smallest absolute Gasteiger partial charge is 0.328 e. The van der Waals surface area contributed by atoms with Crippen molar-refractivity contribution in [2.45, 2.75) is 13.5 Å². The minimum atomic E-state index is -0.305. The Labute approximate surface area is 155 Å². The van der Waals surface area contributed by atoms with Crippen LogP contribution in [-0.4, -0.2) is 52.7 Å². The first-order valence-corrected chi connectivity index (χ1v) is 8.43. The fourth-order valence-electron chi connectivity index (χ4n) is 2.65. The quantitative estimate of drug-likeness (QED) is 0.455. The van der Waals surface area contributed by atoms with Gasteiger partial charge in [0.15, 0.2) is 17.2 Å². The lowest BCUT2D eigenvalue weighted by molar-refractivity contribution is 0.101. The summed E-state index contributed by atoms with van der Waals surface area (Å²) in [4.78, 5) is 35.3. The molecule has 142 valence electrons. The molecule has 0 bridgehead atoms. The molecule has 0 amide bonds. The first kappa shape index (κ1) is 18.6. The second kappa shape index (κ2) is 8.00. The second-order valence-corrected chi connectivity index (χ2v) is 5.91. The number of hydrogen-bond donors (Lipinski definition) is 2. The van der Waals surface area contributed by atoms with Gasteiger partial charge in [-0.15, -0.1) is 0 Å². The monoisotopic (exact) mass is 371 g/mol. The van der Waals surface area contributed by atoms with Gasteiger partial charge in [-0.2, -0.15) is 9.97 Å². The van der Waals surface area contributed by atoms with Crippen LogP contribution in [0.1, 0.15) is 22.8 Å². The van der Waals surface area contributed by atoms with Crippen molar-refractivity contribution < 1.29 is 14.3 Å². The van der Waals surface area contributed by atoms with Crippen LogP contribution in [0.25, 0.3) is 11.2 Å². The number of carbonyl (C=O) groups is 1. The molecule has 0 atom stereocenters. The number of benzene rings is 1. The van der Waals surface area contributed by atoms with Crippen molar-refractivity contribution in [3.63, 3.8) is 0 Å². The summed E-state index contributed by atoms with van der Waals surface area (Å²) in [7, 11) is 3.28. The summed E-state index contributed by atoms with van der Waals surface area (Å²) in [5.41, 5.74) is 2.12. The lowest BCUT2D eigenvalue weighted by Crippen LogP contribution is -2.18. The molecule has 2 N–H and O–H groups in total. The average Bonchev–Trinajstić information content (AvgIpc) is 2.97. The molecule has 0 unspecified atom stereocenters. The molecule has 0 aliphatic carbocycles. The lowest BCUT2D eigenvalue weighted by Gasteiger charge is -2.08. The maximum absolute atomic E-state index is 12.5. The Balaban J connectivity index is 1.98. The summed E-state index contributed by atoms with van der Waals surface area (Å²) in [5, 5.41) is 2.94. The summed E-state index contributed by atoms with van der Waals surface area (Å²) >= 11 is 0. The van der Waals surface area contributed by atoms with Gasteiger partial charge in [-0.1, -0.05) is 24.3 Å². The van der Waals surface area contributed by atoms with Crippen molar-refractivity contribution in [1.82, 2.24) is 19.5 Å². The SMILES string of the molecule is CNc1nc(OCCOC)nc2c1[nH]c(=O)n2Cc1ccc(C(C)=O)cc1. The molecule has 3 aromatic rings. The second-order valence-electron chi connectivity index (χ2n) is 5.91. The molecule has 2 aromatic heterocycles. The van der Waals surface area contributed by atoms with E-state index in [-0.39, 0.29) is 17.5 Å². The normalized spacial score (nSPS) is 10.9. The van der Waals surface area contributed by atoms with Crippen molar-refractivity contribution in [3.8, 4) is 6.01 Å². The van der Waals surface area contributed by atoms with Crippen LogP contribution in [0, 0.1) is 0 Å². The number of Topliss-reactive ketones (excluding diaryl/α,β-unsaturated/α-hetero) is 1. The molecular formula is C18H21N5O4. The van der Waals surface area contributed by atoms with Crippen LogP contribution in [0.5, 0.6) is 6.01 Å². The van der Waals surface area contributed by atoms with E-state index in [9.17, 15) is 9.59 Å². The Hall–Kier alpha value is -3.20. The first-order valence-electron chi connectivity index (χ1n) is 8.43. The highest BCUT2D eigenvalue weighted by molar-refractivity contribution is 5.94. The van der Waals surface area contributed by atoms with Crippen molar-refractivity contribution in [1.29, 1.82) is 0 Å². The molecule has 0 saturated carbocycles. The van der Waals surface area contributed by atoms with Gasteiger partial charge in [0, 0.05) is 19.7 Å². The van der Waals surface area contributed by atoms with E-state index < -0.39 is 0 Å². The van der Waals surface area contributed by atoms with Crippen LogP contribution < -0.4 is 15.7 Å². The zero-order chi connectivity index (χ0) is 19.4. The van der Waals surface area contributed by atoms with Gasteiger partial charge in [-0.3, -0.25) is 9.36 Å². The highest BCUT2D eigenvalue weighted by Gasteiger charge is 2.16. The number of fused-ring (bicyclic) bond motifs is 1. The van der Waals surface area contributed by atoms with Crippen LogP contribution >= 0.6 is 0 Å². The fraction of sp³-hybridized carbons (Fsp3) is 0.333.